The minimum atomic E-state index is 0.229. The maximum atomic E-state index is 5.10. The fourth-order valence-corrected chi connectivity index (χ4v) is 0.342. The van der Waals surface area contributed by atoms with E-state index in [4.69, 9.17) is 6.42 Å². The van der Waals surface area contributed by atoms with E-state index in [9.17, 15) is 0 Å². The highest BCUT2D eigenvalue weighted by molar-refractivity contribution is 5.19. The minimum absolute atomic E-state index is 0.229. The summed E-state index contributed by atoms with van der Waals surface area (Å²) in [6.07, 6.45) is 6.92. The van der Waals surface area contributed by atoms with Gasteiger partial charge in [0.1, 0.15) is 0 Å². The van der Waals surface area contributed by atoms with E-state index >= 15 is 0 Å². The molecule has 0 saturated heterocycles. The number of terminal acetylenes is 1. The molecular weight excluding hydrogens is 108 g/mol. The average molecular weight is 122 g/mol. The maximum absolute atomic E-state index is 5.10. The Kier molecular flexibility index (Phi) is 2.52. The Bertz CT molecular complexity index is 148. The largest absolute Gasteiger partial charge is 0.115 e. The predicted molar refractivity (Wildman–Crippen MR) is 42.0 cm³/mol. The standard InChI is InChI=1S/C9H14/c1-6-7-8(2)9(3,4)5/h1,7H,2-5H3/b8-7-. The molecule has 0 bridgehead atoms. The third-order valence-electron chi connectivity index (χ3n) is 1.48. The Morgan fingerprint density at radius 2 is 1.89 bits per heavy atom. The summed E-state index contributed by atoms with van der Waals surface area (Å²) in [5, 5.41) is 0. The zero-order valence-corrected chi connectivity index (χ0v) is 6.65. The first-order valence-corrected chi connectivity index (χ1v) is 3.12. The summed E-state index contributed by atoms with van der Waals surface area (Å²) >= 11 is 0. The smallest absolute Gasteiger partial charge is 0.0127 e. The van der Waals surface area contributed by atoms with Crippen LogP contribution in [0.3, 0.4) is 0 Å². The second-order valence-corrected chi connectivity index (χ2v) is 3.24. The average Bonchev–Trinajstić information content (AvgIpc) is 1.64. The molecule has 0 aliphatic rings. The van der Waals surface area contributed by atoms with Gasteiger partial charge in [-0.2, -0.15) is 0 Å². The molecule has 0 aliphatic carbocycles. The van der Waals surface area contributed by atoms with Gasteiger partial charge in [-0.25, -0.2) is 0 Å². The predicted octanol–water partition coefficient (Wildman–Crippen LogP) is 2.61. The minimum Gasteiger partial charge on any atom is -0.115 e. The molecule has 0 unspecified atom stereocenters. The molecule has 0 nitrogen and oxygen atoms in total. The highest BCUT2D eigenvalue weighted by Crippen LogP contribution is 2.23. The summed E-state index contributed by atoms with van der Waals surface area (Å²) in [5.41, 5.74) is 1.48. The second kappa shape index (κ2) is 2.73. The van der Waals surface area contributed by atoms with Crippen molar-refractivity contribution in [3.63, 3.8) is 0 Å². The SMILES string of the molecule is C#C/C=C(/C)C(C)(C)C. The molecule has 0 heteroatoms. The van der Waals surface area contributed by atoms with Crippen LogP contribution in [0.25, 0.3) is 0 Å². The number of allylic oxidation sites excluding steroid dienone is 2. The van der Waals surface area contributed by atoms with Crippen molar-refractivity contribution in [2.45, 2.75) is 27.7 Å². The lowest BCUT2D eigenvalue weighted by Crippen LogP contribution is -2.05. The van der Waals surface area contributed by atoms with Crippen LogP contribution in [0.15, 0.2) is 11.6 Å². The molecule has 9 heavy (non-hydrogen) atoms. The molecule has 0 atom stereocenters. The van der Waals surface area contributed by atoms with Crippen LogP contribution in [0.2, 0.25) is 0 Å². The van der Waals surface area contributed by atoms with Crippen LogP contribution in [0.4, 0.5) is 0 Å². The maximum Gasteiger partial charge on any atom is -0.0127 e. The second-order valence-electron chi connectivity index (χ2n) is 3.24. The highest BCUT2D eigenvalue weighted by Gasteiger charge is 2.10. The molecule has 0 fully saturated rings. The molecule has 0 amide bonds. The van der Waals surface area contributed by atoms with Crippen molar-refractivity contribution in [2.75, 3.05) is 0 Å². The van der Waals surface area contributed by atoms with Gasteiger partial charge >= 0.3 is 0 Å². The molecule has 50 valence electrons. The molecule has 0 heterocycles. The van der Waals surface area contributed by atoms with Crippen molar-refractivity contribution in [1.29, 1.82) is 0 Å². The monoisotopic (exact) mass is 122 g/mol. The summed E-state index contributed by atoms with van der Waals surface area (Å²) in [4.78, 5) is 0. The zero-order chi connectivity index (χ0) is 7.49. The van der Waals surface area contributed by atoms with Gasteiger partial charge in [0, 0.05) is 0 Å². The molecule has 0 aromatic rings. The van der Waals surface area contributed by atoms with E-state index in [2.05, 4.69) is 33.6 Å². The topological polar surface area (TPSA) is 0 Å². The fraction of sp³-hybridized carbons (Fsp3) is 0.556. The Labute approximate surface area is 58.0 Å². The lowest BCUT2D eigenvalue weighted by atomic mass is 9.88. The molecular formula is C9H14. The van der Waals surface area contributed by atoms with Crippen LogP contribution in [-0.4, -0.2) is 0 Å². The molecule has 0 radical (unpaired) electrons. The molecule has 0 aromatic carbocycles. The summed E-state index contributed by atoms with van der Waals surface area (Å²) in [6, 6.07) is 0. The van der Waals surface area contributed by atoms with Gasteiger partial charge < -0.3 is 0 Å². The lowest BCUT2D eigenvalue weighted by Gasteiger charge is -2.17. The molecule has 0 N–H and O–H groups in total. The summed E-state index contributed by atoms with van der Waals surface area (Å²) in [6.45, 7) is 8.50. The first-order chi connectivity index (χ1) is 3.98. The van der Waals surface area contributed by atoms with Gasteiger partial charge in [0.2, 0.25) is 0 Å². The summed E-state index contributed by atoms with van der Waals surface area (Å²) < 4.78 is 0. The van der Waals surface area contributed by atoms with Crippen molar-refractivity contribution in [1.82, 2.24) is 0 Å². The van der Waals surface area contributed by atoms with Crippen LogP contribution in [0.5, 0.6) is 0 Å². The van der Waals surface area contributed by atoms with E-state index in [-0.39, 0.29) is 5.41 Å². The van der Waals surface area contributed by atoms with Gasteiger partial charge in [-0.3, -0.25) is 0 Å². The molecule has 0 spiro atoms. The van der Waals surface area contributed by atoms with E-state index in [1.54, 1.807) is 0 Å². The Morgan fingerprint density at radius 3 is 2.00 bits per heavy atom. The number of hydrogen-bond donors (Lipinski definition) is 0. The molecule has 0 saturated carbocycles. The quantitative estimate of drug-likeness (QED) is 0.433. The van der Waals surface area contributed by atoms with Crippen molar-refractivity contribution in [3.05, 3.63) is 11.6 Å². The van der Waals surface area contributed by atoms with Gasteiger partial charge in [-0.15, -0.1) is 6.42 Å². The third kappa shape index (κ3) is 2.98. The van der Waals surface area contributed by atoms with Crippen LogP contribution in [0, 0.1) is 17.8 Å². The molecule has 0 aromatic heterocycles. The van der Waals surface area contributed by atoms with E-state index in [1.165, 1.54) is 5.57 Å². The summed E-state index contributed by atoms with van der Waals surface area (Å²) in [7, 11) is 0. The van der Waals surface area contributed by atoms with Gasteiger partial charge in [-0.1, -0.05) is 32.3 Å². The van der Waals surface area contributed by atoms with Crippen LogP contribution in [0.1, 0.15) is 27.7 Å². The Morgan fingerprint density at radius 1 is 1.44 bits per heavy atom. The zero-order valence-electron chi connectivity index (χ0n) is 6.65. The Hall–Kier alpha value is -0.700. The number of rotatable bonds is 0. The lowest BCUT2D eigenvalue weighted by molar-refractivity contribution is 0.504. The first-order valence-electron chi connectivity index (χ1n) is 3.12. The van der Waals surface area contributed by atoms with Gasteiger partial charge in [0.05, 0.1) is 0 Å². The van der Waals surface area contributed by atoms with Crippen molar-refractivity contribution >= 4 is 0 Å². The van der Waals surface area contributed by atoms with Crippen molar-refractivity contribution in [2.24, 2.45) is 5.41 Å². The van der Waals surface area contributed by atoms with Gasteiger partial charge in [0.15, 0.2) is 0 Å². The third-order valence-corrected chi connectivity index (χ3v) is 1.48. The van der Waals surface area contributed by atoms with Crippen LogP contribution >= 0.6 is 0 Å². The number of hydrogen-bond acceptors (Lipinski definition) is 0. The molecule has 0 rings (SSSR count). The first kappa shape index (κ1) is 8.30. The molecule has 0 aliphatic heterocycles. The van der Waals surface area contributed by atoms with Crippen molar-refractivity contribution in [3.8, 4) is 12.3 Å². The van der Waals surface area contributed by atoms with Crippen LogP contribution < -0.4 is 0 Å². The fourth-order valence-electron chi connectivity index (χ4n) is 0.342. The normalized spacial score (nSPS) is 13.0. The van der Waals surface area contributed by atoms with E-state index < -0.39 is 0 Å². The highest BCUT2D eigenvalue weighted by atomic mass is 14.2. The van der Waals surface area contributed by atoms with Gasteiger partial charge in [0.25, 0.3) is 0 Å². The van der Waals surface area contributed by atoms with E-state index in [1.807, 2.05) is 6.08 Å². The van der Waals surface area contributed by atoms with Crippen molar-refractivity contribution < 1.29 is 0 Å². The van der Waals surface area contributed by atoms with E-state index in [0.29, 0.717) is 0 Å². The summed E-state index contributed by atoms with van der Waals surface area (Å²) in [5.74, 6) is 2.51. The Balaban J connectivity index is 4.25. The van der Waals surface area contributed by atoms with Gasteiger partial charge in [-0.05, 0) is 18.4 Å². The van der Waals surface area contributed by atoms with E-state index in [0.717, 1.165) is 0 Å². The van der Waals surface area contributed by atoms with Crippen LogP contribution in [-0.2, 0) is 0 Å².